The highest BCUT2D eigenvalue weighted by Crippen LogP contribution is 2.66. The minimum Gasteiger partial charge on any atom is -0.390 e. The van der Waals surface area contributed by atoms with Gasteiger partial charge in [0.05, 0.1) is 5.60 Å². The van der Waals surface area contributed by atoms with Crippen LogP contribution in [-0.2, 0) is 4.79 Å². The van der Waals surface area contributed by atoms with E-state index in [0.29, 0.717) is 0 Å². The van der Waals surface area contributed by atoms with Gasteiger partial charge < -0.3 is 10.4 Å². The Hall–Kier alpha value is -0.570. The summed E-state index contributed by atoms with van der Waals surface area (Å²) in [7, 11) is 0. The molecule has 2 N–H and O–H groups in total. The summed E-state index contributed by atoms with van der Waals surface area (Å²) in [5.74, 6) is 0.187. The Bertz CT molecular complexity index is 228. The van der Waals surface area contributed by atoms with Crippen LogP contribution in [0.3, 0.4) is 0 Å². The van der Waals surface area contributed by atoms with Crippen molar-refractivity contribution in [3.05, 3.63) is 0 Å². The minimum absolute atomic E-state index is 0.0652. The smallest absolute Gasteiger partial charge is 0.222 e. The zero-order valence-corrected chi connectivity index (χ0v) is 8.26. The van der Waals surface area contributed by atoms with Crippen LogP contribution in [0, 0.1) is 11.3 Å². The van der Waals surface area contributed by atoms with Crippen molar-refractivity contribution in [2.45, 2.75) is 38.7 Å². The number of hydrogen-bond acceptors (Lipinski definition) is 2. The van der Waals surface area contributed by atoms with Crippen molar-refractivity contribution in [3.63, 3.8) is 0 Å². The summed E-state index contributed by atoms with van der Waals surface area (Å²) in [4.78, 5) is 11.3. The molecule has 0 aromatic rings. The molecular formula is C10H17NO2. The maximum Gasteiger partial charge on any atom is 0.222 e. The number of carbonyl (C=O) groups is 1. The van der Waals surface area contributed by atoms with Crippen molar-refractivity contribution >= 4 is 5.91 Å². The van der Waals surface area contributed by atoms with Crippen LogP contribution in [0.1, 0.15) is 33.1 Å². The zero-order valence-electron chi connectivity index (χ0n) is 8.26. The molecule has 0 atom stereocenters. The molecule has 3 rings (SSSR count). The van der Waals surface area contributed by atoms with Gasteiger partial charge in [-0.25, -0.2) is 0 Å². The van der Waals surface area contributed by atoms with Gasteiger partial charge in [0.2, 0.25) is 5.91 Å². The molecule has 3 fully saturated rings. The van der Waals surface area contributed by atoms with E-state index in [1.54, 1.807) is 0 Å². The molecule has 3 saturated carbocycles. The summed E-state index contributed by atoms with van der Waals surface area (Å²) < 4.78 is 0. The van der Waals surface area contributed by atoms with Crippen molar-refractivity contribution in [1.82, 2.24) is 5.32 Å². The lowest BCUT2D eigenvalue weighted by atomic mass is 9.41. The van der Waals surface area contributed by atoms with Crippen LogP contribution in [0.5, 0.6) is 0 Å². The van der Waals surface area contributed by atoms with Crippen molar-refractivity contribution in [3.8, 4) is 0 Å². The van der Waals surface area contributed by atoms with Crippen LogP contribution >= 0.6 is 0 Å². The Morgan fingerprint density at radius 3 is 2.38 bits per heavy atom. The van der Waals surface area contributed by atoms with Gasteiger partial charge in [-0.2, -0.15) is 0 Å². The molecule has 0 unspecified atom stereocenters. The van der Waals surface area contributed by atoms with Crippen LogP contribution in [0.15, 0.2) is 0 Å². The van der Waals surface area contributed by atoms with E-state index in [2.05, 4.69) is 5.32 Å². The maximum absolute atomic E-state index is 11.3. The summed E-state index contributed by atoms with van der Waals surface area (Å²) in [5, 5.41) is 12.4. The Kier molecular flexibility index (Phi) is 1.71. The lowest BCUT2D eigenvalue weighted by Gasteiger charge is -2.67. The van der Waals surface area contributed by atoms with Gasteiger partial charge in [0.25, 0.3) is 0 Å². The van der Waals surface area contributed by atoms with Crippen LogP contribution < -0.4 is 5.32 Å². The Morgan fingerprint density at radius 1 is 1.46 bits per heavy atom. The molecule has 2 bridgehead atoms. The molecule has 0 spiro atoms. The van der Waals surface area contributed by atoms with Gasteiger partial charge in [-0.05, 0) is 24.7 Å². The molecule has 0 aromatic carbocycles. The van der Waals surface area contributed by atoms with Gasteiger partial charge in [-0.3, -0.25) is 4.79 Å². The second kappa shape index (κ2) is 2.47. The molecule has 13 heavy (non-hydrogen) atoms. The van der Waals surface area contributed by atoms with Gasteiger partial charge in [0, 0.05) is 12.5 Å². The average molecular weight is 183 g/mol. The fourth-order valence-electron chi connectivity index (χ4n) is 2.61. The van der Waals surface area contributed by atoms with Crippen LogP contribution in [-0.4, -0.2) is 23.2 Å². The summed E-state index contributed by atoms with van der Waals surface area (Å²) in [6, 6.07) is 0. The normalized spacial score (nSPS) is 40.9. The number of rotatable bonds is 3. The van der Waals surface area contributed by atoms with Gasteiger partial charge in [-0.1, -0.05) is 13.8 Å². The molecule has 0 aromatic heterocycles. The van der Waals surface area contributed by atoms with Crippen molar-refractivity contribution in [2.24, 2.45) is 11.3 Å². The lowest BCUT2D eigenvalue weighted by molar-refractivity contribution is -0.256. The molecule has 0 saturated heterocycles. The number of aliphatic hydroxyl groups is 1. The van der Waals surface area contributed by atoms with E-state index in [0.717, 1.165) is 25.8 Å². The maximum atomic E-state index is 11.3. The summed E-state index contributed by atoms with van der Waals surface area (Å²) in [5.41, 5.74) is -0.0815. The summed E-state index contributed by atoms with van der Waals surface area (Å²) in [6.45, 7) is 4.54. The standard InChI is InChI=1S/C10H17NO2/c1-7(2)8(12)11-6-9-3-10(13,4-9)5-9/h7,13H,3-6H2,1-2H3,(H,11,12). The summed E-state index contributed by atoms with van der Waals surface area (Å²) >= 11 is 0. The van der Waals surface area contributed by atoms with Crippen molar-refractivity contribution in [2.75, 3.05) is 6.54 Å². The number of carbonyl (C=O) groups excluding carboxylic acids is 1. The largest absolute Gasteiger partial charge is 0.390 e. The van der Waals surface area contributed by atoms with E-state index in [-0.39, 0.29) is 22.8 Å². The van der Waals surface area contributed by atoms with E-state index in [1.807, 2.05) is 13.8 Å². The number of hydrogen-bond donors (Lipinski definition) is 2. The first-order chi connectivity index (χ1) is 5.95. The van der Waals surface area contributed by atoms with Crippen LogP contribution in [0.2, 0.25) is 0 Å². The van der Waals surface area contributed by atoms with Gasteiger partial charge in [-0.15, -0.1) is 0 Å². The van der Waals surface area contributed by atoms with E-state index in [4.69, 9.17) is 0 Å². The highest BCUT2D eigenvalue weighted by atomic mass is 16.3. The third-order valence-corrected chi connectivity index (χ3v) is 3.27. The third-order valence-electron chi connectivity index (χ3n) is 3.27. The molecule has 1 amide bonds. The zero-order chi connectivity index (χ0) is 9.69. The monoisotopic (exact) mass is 183 g/mol. The highest BCUT2D eigenvalue weighted by Gasteiger charge is 2.66. The molecule has 0 heterocycles. The molecule has 3 heteroatoms. The topological polar surface area (TPSA) is 49.3 Å². The second-order valence-electron chi connectivity index (χ2n) is 5.13. The van der Waals surface area contributed by atoms with E-state index in [9.17, 15) is 9.90 Å². The second-order valence-corrected chi connectivity index (χ2v) is 5.13. The molecule has 0 radical (unpaired) electrons. The molecular weight excluding hydrogens is 166 g/mol. The molecule has 0 aliphatic heterocycles. The fraction of sp³-hybridized carbons (Fsp3) is 0.900. The summed E-state index contributed by atoms with van der Waals surface area (Å²) in [6.07, 6.45) is 2.66. The lowest BCUT2D eigenvalue weighted by Crippen LogP contribution is -2.70. The molecule has 3 aliphatic carbocycles. The molecule has 74 valence electrons. The van der Waals surface area contributed by atoms with E-state index >= 15 is 0 Å². The van der Waals surface area contributed by atoms with Gasteiger partial charge in [0.1, 0.15) is 0 Å². The van der Waals surface area contributed by atoms with Crippen molar-refractivity contribution in [1.29, 1.82) is 0 Å². The Labute approximate surface area is 78.5 Å². The molecule has 3 aliphatic rings. The average Bonchev–Trinajstić information content (AvgIpc) is 1.93. The first-order valence-electron chi connectivity index (χ1n) is 4.95. The van der Waals surface area contributed by atoms with E-state index < -0.39 is 0 Å². The highest BCUT2D eigenvalue weighted by molar-refractivity contribution is 5.77. The first-order valence-corrected chi connectivity index (χ1v) is 4.95. The minimum atomic E-state index is -0.345. The van der Waals surface area contributed by atoms with Crippen molar-refractivity contribution < 1.29 is 9.90 Å². The third kappa shape index (κ3) is 1.35. The number of nitrogens with one attached hydrogen (secondary N) is 1. The molecule has 3 nitrogen and oxygen atoms in total. The van der Waals surface area contributed by atoms with Crippen LogP contribution in [0.25, 0.3) is 0 Å². The number of amides is 1. The van der Waals surface area contributed by atoms with E-state index in [1.165, 1.54) is 0 Å². The van der Waals surface area contributed by atoms with Gasteiger partial charge >= 0.3 is 0 Å². The van der Waals surface area contributed by atoms with Crippen LogP contribution in [0.4, 0.5) is 0 Å². The predicted octanol–water partition coefficient (Wildman–Crippen LogP) is 0.674. The SMILES string of the molecule is CC(C)C(=O)NCC12CC(O)(C1)C2. The quantitative estimate of drug-likeness (QED) is 0.675. The predicted molar refractivity (Wildman–Crippen MR) is 49.1 cm³/mol. The Morgan fingerprint density at radius 2 is 2.00 bits per heavy atom. The van der Waals surface area contributed by atoms with Gasteiger partial charge in [0.15, 0.2) is 0 Å². The Balaban J connectivity index is 1.73. The first kappa shape index (κ1) is 9.00. The fourth-order valence-corrected chi connectivity index (χ4v) is 2.61.